The van der Waals surface area contributed by atoms with Crippen molar-refractivity contribution in [1.29, 1.82) is 0 Å². The largest absolute Gasteiger partial charge is 0.485 e. The molecule has 0 aliphatic carbocycles. The number of ether oxygens (including phenoxy) is 3. The first-order valence-electron chi connectivity index (χ1n) is 13.2. The monoisotopic (exact) mass is 526 g/mol. The molecule has 1 spiro atoms. The fourth-order valence-electron chi connectivity index (χ4n) is 5.09. The number of halogens is 1. The first-order chi connectivity index (χ1) is 18.1. The number of likely N-dealkylation sites (tertiary alicyclic amines) is 1. The molecule has 204 valence electrons. The van der Waals surface area contributed by atoms with Gasteiger partial charge in [0.1, 0.15) is 22.8 Å². The molecule has 10 heteroatoms. The summed E-state index contributed by atoms with van der Waals surface area (Å²) in [6, 6.07) is 6.31. The number of pyridine rings is 1. The molecule has 3 aliphatic heterocycles. The summed E-state index contributed by atoms with van der Waals surface area (Å²) in [5.74, 6) is 0.219. The molecule has 38 heavy (non-hydrogen) atoms. The van der Waals surface area contributed by atoms with E-state index in [4.69, 9.17) is 14.2 Å². The van der Waals surface area contributed by atoms with Gasteiger partial charge < -0.3 is 29.3 Å². The van der Waals surface area contributed by atoms with Gasteiger partial charge in [0.25, 0.3) is 0 Å². The number of urea groups is 1. The maximum atomic E-state index is 14.9. The van der Waals surface area contributed by atoms with Crippen molar-refractivity contribution in [1.82, 2.24) is 14.8 Å². The molecule has 0 bridgehead atoms. The van der Waals surface area contributed by atoms with Crippen molar-refractivity contribution in [3.05, 3.63) is 41.8 Å². The van der Waals surface area contributed by atoms with Crippen LogP contribution in [0, 0.1) is 5.82 Å². The van der Waals surface area contributed by atoms with Gasteiger partial charge in [0.05, 0.1) is 30.8 Å². The Hall–Kier alpha value is -3.40. The van der Waals surface area contributed by atoms with Crippen molar-refractivity contribution < 1.29 is 28.2 Å². The average molecular weight is 527 g/mol. The van der Waals surface area contributed by atoms with E-state index in [0.717, 1.165) is 37.0 Å². The van der Waals surface area contributed by atoms with Crippen LogP contribution in [0.1, 0.15) is 45.6 Å². The number of carbonyl (C=O) groups is 2. The molecular weight excluding hydrogens is 491 g/mol. The summed E-state index contributed by atoms with van der Waals surface area (Å²) in [5.41, 5.74) is 1.59. The topological polar surface area (TPSA) is 93.2 Å². The van der Waals surface area contributed by atoms with Crippen LogP contribution in [0.5, 0.6) is 5.75 Å². The first-order valence-corrected chi connectivity index (χ1v) is 13.2. The van der Waals surface area contributed by atoms with Gasteiger partial charge in [0.15, 0.2) is 0 Å². The van der Waals surface area contributed by atoms with Crippen LogP contribution in [0.4, 0.5) is 19.7 Å². The van der Waals surface area contributed by atoms with Crippen LogP contribution in [0.25, 0.3) is 11.3 Å². The second-order valence-corrected chi connectivity index (χ2v) is 11.2. The lowest BCUT2D eigenvalue weighted by Crippen LogP contribution is -2.52. The molecule has 1 aromatic carbocycles. The quantitative estimate of drug-likeness (QED) is 0.602. The molecule has 9 nitrogen and oxygen atoms in total. The van der Waals surface area contributed by atoms with Gasteiger partial charge in [0, 0.05) is 44.6 Å². The number of rotatable bonds is 2. The lowest BCUT2D eigenvalue weighted by Gasteiger charge is -2.44. The van der Waals surface area contributed by atoms with Crippen LogP contribution in [0.2, 0.25) is 0 Å². The maximum Gasteiger partial charge on any atom is 0.410 e. The maximum absolute atomic E-state index is 14.9. The molecule has 3 aliphatic rings. The number of nitrogens with one attached hydrogen (secondary N) is 1. The number of hydrogen-bond donors (Lipinski definition) is 1. The Bertz CT molecular complexity index is 1200. The van der Waals surface area contributed by atoms with E-state index < -0.39 is 11.4 Å². The Morgan fingerprint density at radius 1 is 1.05 bits per heavy atom. The lowest BCUT2D eigenvalue weighted by atomic mass is 9.83. The number of aryl methyl sites for hydroxylation is 1. The van der Waals surface area contributed by atoms with E-state index in [9.17, 15) is 14.0 Å². The van der Waals surface area contributed by atoms with Crippen LogP contribution < -0.4 is 10.1 Å². The second kappa shape index (κ2) is 10.4. The van der Waals surface area contributed by atoms with E-state index >= 15 is 0 Å². The zero-order chi connectivity index (χ0) is 26.9. The Labute approximate surface area is 222 Å². The normalized spacial score (nSPS) is 18.9. The minimum Gasteiger partial charge on any atom is -0.485 e. The third-order valence-corrected chi connectivity index (χ3v) is 7.26. The van der Waals surface area contributed by atoms with Crippen LogP contribution in [0.15, 0.2) is 30.5 Å². The summed E-state index contributed by atoms with van der Waals surface area (Å²) in [7, 11) is 0. The number of fused-ring (bicyclic) bond motifs is 1. The van der Waals surface area contributed by atoms with Crippen LogP contribution in [-0.4, -0.2) is 77.5 Å². The van der Waals surface area contributed by atoms with Gasteiger partial charge in [-0.1, -0.05) is 6.07 Å². The van der Waals surface area contributed by atoms with E-state index in [0.29, 0.717) is 50.7 Å². The molecule has 0 radical (unpaired) electrons. The SMILES string of the molecule is CC(C)(C)OC(=O)N1CCC2(CCc3cc(-c4ccc(NC(=O)N5CCOCC5)c(F)c4)ncc3O2)CC1. The Morgan fingerprint density at radius 3 is 2.47 bits per heavy atom. The van der Waals surface area contributed by atoms with Crippen LogP contribution >= 0.6 is 0 Å². The van der Waals surface area contributed by atoms with Gasteiger partial charge in [-0.15, -0.1) is 0 Å². The Morgan fingerprint density at radius 2 is 1.79 bits per heavy atom. The fraction of sp³-hybridized carbons (Fsp3) is 0.536. The Kier molecular flexibility index (Phi) is 7.17. The molecular formula is C28H35FN4O5. The van der Waals surface area contributed by atoms with Crippen LogP contribution in [-0.2, 0) is 15.9 Å². The van der Waals surface area contributed by atoms with Gasteiger partial charge in [-0.05, 0) is 57.4 Å². The number of morpholine rings is 1. The van der Waals surface area contributed by atoms with Crippen LogP contribution in [0.3, 0.4) is 0 Å². The highest BCUT2D eigenvalue weighted by Crippen LogP contribution is 2.40. The van der Waals surface area contributed by atoms with Gasteiger partial charge in [-0.3, -0.25) is 4.98 Å². The van der Waals surface area contributed by atoms with Crippen molar-refractivity contribution >= 4 is 17.8 Å². The molecule has 4 heterocycles. The van der Waals surface area contributed by atoms with Gasteiger partial charge in [-0.2, -0.15) is 0 Å². The number of carbonyl (C=O) groups excluding carboxylic acids is 2. The summed E-state index contributed by atoms with van der Waals surface area (Å²) < 4.78 is 32.1. The number of hydrogen-bond acceptors (Lipinski definition) is 6. The minimum atomic E-state index is -0.518. The van der Waals surface area contributed by atoms with E-state index in [1.165, 1.54) is 6.07 Å². The molecule has 2 saturated heterocycles. The molecule has 0 saturated carbocycles. The predicted molar refractivity (Wildman–Crippen MR) is 140 cm³/mol. The van der Waals surface area contributed by atoms with Gasteiger partial charge in [-0.25, -0.2) is 14.0 Å². The zero-order valence-corrected chi connectivity index (χ0v) is 22.2. The zero-order valence-electron chi connectivity index (χ0n) is 22.2. The van der Waals surface area contributed by atoms with Crippen molar-refractivity contribution in [2.45, 2.75) is 57.7 Å². The number of amides is 3. The van der Waals surface area contributed by atoms with E-state index in [1.54, 1.807) is 28.1 Å². The standard InChI is InChI=1S/C28H35FN4O5/c1-27(2,3)38-26(35)33-10-8-28(9-11-33)7-6-20-17-23(30-18-24(20)37-28)19-4-5-22(21(29)16-19)31-25(34)32-12-14-36-15-13-32/h4-5,16-18H,6-15H2,1-3H3,(H,31,34). The highest BCUT2D eigenvalue weighted by molar-refractivity contribution is 5.90. The molecule has 1 N–H and O–H groups in total. The van der Waals surface area contributed by atoms with E-state index in [1.807, 2.05) is 26.8 Å². The van der Waals surface area contributed by atoms with E-state index in [-0.39, 0.29) is 23.4 Å². The molecule has 0 unspecified atom stereocenters. The number of piperidine rings is 1. The lowest BCUT2D eigenvalue weighted by molar-refractivity contribution is -0.0274. The third kappa shape index (κ3) is 5.85. The summed E-state index contributed by atoms with van der Waals surface area (Å²) in [6.07, 6.45) is 4.54. The number of nitrogens with zero attached hydrogens (tertiary/aromatic N) is 3. The predicted octanol–water partition coefficient (Wildman–Crippen LogP) is 4.85. The molecule has 2 aromatic rings. The second-order valence-electron chi connectivity index (χ2n) is 11.2. The van der Waals surface area contributed by atoms with E-state index in [2.05, 4.69) is 10.3 Å². The highest BCUT2D eigenvalue weighted by atomic mass is 19.1. The van der Waals surface area contributed by atoms with Gasteiger partial charge in [0.2, 0.25) is 0 Å². The summed E-state index contributed by atoms with van der Waals surface area (Å²) in [4.78, 5) is 32.7. The van der Waals surface area contributed by atoms with Crippen molar-refractivity contribution in [2.75, 3.05) is 44.7 Å². The number of aromatic nitrogens is 1. The summed E-state index contributed by atoms with van der Waals surface area (Å²) in [5, 5.41) is 2.65. The smallest absolute Gasteiger partial charge is 0.410 e. The van der Waals surface area contributed by atoms with Crippen molar-refractivity contribution in [2.24, 2.45) is 0 Å². The molecule has 5 rings (SSSR count). The Balaban J connectivity index is 1.22. The molecule has 1 aromatic heterocycles. The summed E-state index contributed by atoms with van der Waals surface area (Å²) in [6.45, 7) is 8.70. The minimum absolute atomic E-state index is 0.131. The van der Waals surface area contributed by atoms with Crippen molar-refractivity contribution in [3.63, 3.8) is 0 Å². The molecule has 3 amide bonds. The number of anilines is 1. The van der Waals surface area contributed by atoms with Crippen molar-refractivity contribution in [3.8, 4) is 17.0 Å². The van der Waals surface area contributed by atoms with Gasteiger partial charge >= 0.3 is 12.1 Å². The molecule has 0 atom stereocenters. The molecule has 2 fully saturated rings. The fourth-order valence-corrected chi connectivity index (χ4v) is 5.09. The summed E-state index contributed by atoms with van der Waals surface area (Å²) >= 11 is 0. The highest BCUT2D eigenvalue weighted by Gasteiger charge is 2.41. The third-order valence-electron chi connectivity index (χ3n) is 7.26. The first kappa shape index (κ1) is 26.2. The average Bonchev–Trinajstić information content (AvgIpc) is 2.89. The number of benzene rings is 1.